The summed E-state index contributed by atoms with van der Waals surface area (Å²) in [5.74, 6) is -0.451. The molecule has 0 radical (unpaired) electrons. The predicted molar refractivity (Wildman–Crippen MR) is 117 cm³/mol. The van der Waals surface area contributed by atoms with Crippen LogP contribution in [0.3, 0.4) is 0 Å². The highest BCUT2D eigenvalue weighted by Gasteiger charge is 2.39. The number of amides is 2. The minimum Gasteiger partial charge on any atom is -0.330 e. The summed E-state index contributed by atoms with van der Waals surface area (Å²) >= 11 is 0. The van der Waals surface area contributed by atoms with Crippen molar-refractivity contribution in [3.63, 3.8) is 0 Å². The molecule has 0 spiro atoms. The van der Waals surface area contributed by atoms with Crippen molar-refractivity contribution in [2.45, 2.75) is 38.3 Å². The lowest BCUT2D eigenvalue weighted by molar-refractivity contribution is -0.135. The molecular formula is C25H24FN3O2. The number of hydrogen-bond acceptors (Lipinski definition) is 2. The number of carbonyl (C=O) groups is 2. The first kappa shape index (κ1) is 19.5. The molecule has 2 aliphatic rings. The molecule has 1 aromatic heterocycles. The Balaban J connectivity index is 1.60. The Hall–Kier alpha value is -3.41. The van der Waals surface area contributed by atoms with Crippen LogP contribution in [0.1, 0.15) is 43.5 Å². The molecule has 3 aromatic rings. The molecule has 1 fully saturated rings. The third-order valence-corrected chi connectivity index (χ3v) is 6.09. The summed E-state index contributed by atoms with van der Waals surface area (Å²) in [6.07, 6.45) is 4.24. The SMILES string of the molecule is CCC(=O)N(CC(=O)N1c2ccccc2-n2cccc2[C@@H]1c1ccc(F)cc1)C1CC1. The van der Waals surface area contributed by atoms with E-state index in [1.807, 2.05) is 49.5 Å². The molecule has 0 unspecified atom stereocenters. The number of benzene rings is 2. The van der Waals surface area contributed by atoms with Gasteiger partial charge in [-0.25, -0.2) is 4.39 Å². The Labute approximate surface area is 180 Å². The molecule has 158 valence electrons. The van der Waals surface area contributed by atoms with Gasteiger partial charge in [0.05, 0.1) is 17.1 Å². The minimum atomic E-state index is -0.407. The molecule has 2 heterocycles. The van der Waals surface area contributed by atoms with Gasteiger partial charge in [-0.2, -0.15) is 0 Å². The first-order chi connectivity index (χ1) is 15.1. The fourth-order valence-corrected chi connectivity index (χ4v) is 4.45. The van der Waals surface area contributed by atoms with Gasteiger partial charge in [-0.1, -0.05) is 31.2 Å². The van der Waals surface area contributed by atoms with Crippen molar-refractivity contribution >= 4 is 17.5 Å². The molecule has 5 rings (SSSR count). The number of anilines is 1. The van der Waals surface area contributed by atoms with E-state index in [0.717, 1.165) is 35.5 Å². The quantitative estimate of drug-likeness (QED) is 0.616. The number of para-hydroxylation sites is 2. The van der Waals surface area contributed by atoms with Gasteiger partial charge >= 0.3 is 0 Å². The average Bonchev–Trinajstić information content (AvgIpc) is 3.51. The van der Waals surface area contributed by atoms with Crippen LogP contribution in [0.2, 0.25) is 0 Å². The molecule has 1 atom stereocenters. The van der Waals surface area contributed by atoms with Crippen LogP contribution < -0.4 is 4.90 Å². The van der Waals surface area contributed by atoms with E-state index in [9.17, 15) is 14.0 Å². The zero-order valence-corrected chi connectivity index (χ0v) is 17.4. The number of halogens is 1. The number of nitrogens with zero attached hydrogens (tertiary/aromatic N) is 3. The largest absolute Gasteiger partial charge is 0.330 e. The number of rotatable bonds is 5. The van der Waals surface area contributed by atoms with E-state index in [-0.39, 0.29) is 30.2 Å². The van der Waals surface area contributed by atoms with E-state index in [0.29, 0.717) is 6.42 Å². The van der Waals surface area contributed by atoms with Crippen molar-refractivity contribution in [2.75, 3.05) is 11.4 Å². The van der Waals surface area contributed by atoms with Crippen molar-refractivity contribution in [3.8, 4) is 5.69 Å². The van der Waals surface area contributed by atoms with Crippen LogP contribution in [0.5, 0.6) is 0 Å². The summed E-state index contributed by atoms with van der Waals surface area (Å²) in [6.45, 7) is 1.87. The average molecular weight is 417 g/mol. The molecule has 2 amide bonds. The summed E-state index contributed by atoms with van der Waals surface area (Å²) in [6, 6.07) is 17.7. The molecule has 0 saturated heterocycles. The highest BCUT2D eigenvalue weighted by molar-refractivity contribution is 6.00. The van der Waals surface area contributed by atoms with Crippen molar-refractivity contribution in [1.29, 1.82) is 0 Å². The van der Waals surface area contributed by atoms with Gasteiger partial charge in [-0.3, -0.25) is 14.5 Å². The van der Waals surface area contributed by atoms with E-state index in [1.165, 1.54) is 12.1 Å². The van der Waals surface area contributed by atoms with Crippen molar-refractivity contribution in [2.24, 2.45) is 0 Å². The molecule has 5 nitrogen and oxygen atoms in total. The lowest BCUT2D eigenvalue weighted by Crippen LogP contribution is -2.47. The van der Waals surface area contributed by atoms with Gasteiger partial charge in [0, 0.05) is 18.7 Å². The second-order valence-electron chi connectivity index (χ2n) is 8.12. The highest BCUT2D eigenvalue weighted by atomic mass is 19.1. The van der Waals surface area contributed by atoms with Crippen LogP contribution in [0, 0.1) is 5.82 Å². The van der Waals surface area contributed by atoms with Crippen LogP contribution in [-0.2, 0) is 9.59 Å². The zero-order chi connectivity index (χ0) is 21.5. The minimum absolute atomic E-state index is 0.00264. The van der Waals surface area contributed by atoms with Crippen molar-refractivity contribution in [3.05, 3.63) is 83.9 Å². The van der Waals surface area contributed by atoms with Gasteiger partial charge in [-0.05, 0) is 54.8 Å². The second kappa shape index (κ2) is 7.69. The monoisotopic (exact) mass is 417 g/mol. The molecule has 31 heavy (non-hydrogen) atoms. The van der Waals surface area contributed by atoms with E-state index in [1.54, 1.807) is 21.9 Å². The number of aromatic nitrogens is 1. The van der Waals surface area contributed by atoms with Gasteiger partial charge < -0.3 is 9.47 Å². The lowest BCUT2D eigenvalue weighted by Gasteiger charge is -2.39. The van der Waals surface area contributed by atoms with Crippen molar-refractivity contribution < 1.29 is 14.0 Å². The topological polar surface area (TPSA) is 45.6 Å². The number of carbonyl (C=O) groups excluding carboxylic acids is 2. The molecule has 1 aliphatic heterocycles. The van der Waals surface area contributed by atoms with Gasteiger partial charge in [0.2, 0.25) is 11.8 Å². The summed E-state index contributed by atoms with van der Waals surface area (Å²) in [4.78, 5) is 29.8. The van der Waals surface area contributed by atoms with Crippen LogP contribution in [-0.4, -0.2) is 33.9 Å². The van der Waals surface area contributed by atoms with Crippen LogP contribution in [0.25, 0.3) is 5.69 Å². The third kappa shape index (κ3) is 3.42. The van der Waals surface area contributed by atoms with Gasteiger partial charge in [0.15, 0.2) is 0 Å². The lowest BCUT2D eigenvalue weighted by atomic mass is 9.97. The van der Waals surface area contributed by atoms with E-state index in [4.69, 9.17) is 0 Å². The summed E-state index contributed by atoms with van der Waals surface area (Å²) in [5, 5.41) is 0. The smallest absolute Gasteiger partial charge is 0.247 e. The molecule has 1 saturated carbocycles. The Kier molecular flexibility index (Phi) is 4.85. The summed E-state index contributed by atoms with van der Waals surface area (Å²) < 4.78 is 15.7. The highest BCUT2D eigenvalue weighted by Crippen LogP contribution is 2.42. The van der Waals surface area contributed by atoms with E-state index < -0.39 is 6.04 Å². The fraction of sp³-hybridized carbons (Fsp3) is 0.280. The molecular weight excluding hydrogens is 393 g/mol. The van der Waals surface area contributed by atoms with Crippen LogP contribution in [0.15, 0.2) is 66.9 Å². The second-order valence-corrected chi connectivity index (χ2v) is 8.12. The first-order valence-electron chi connectivity index (χ1n) is 10.7. The molecule has 6 heteroatoms. The van der Waals surface area contributed by atoms with E-state index in [2.05, 4.69) is 4.57 Å². The third-order valence-electron chi connectivity index (χ3n) is 6.09. The molecule has 0 bridgehead atoms. The Morgan fingerprint density at radius 1 is 1.00 bits per heavy atom. The maximum absolute atomic E-state index is 13.8. The van der Waals surface area contributed by atoms with Gasteiger partial charge in [0.25, 0.3) is 0 Å². The Morgan fingerprint density at radius 3 is 2.39 bits per heavy atom. The zero-order valence-electron chi connectivity index (χ0n) is 17.4. The normalized spacial score (nSPS) is 17.1. The van der Waals surface area contributed by atoms with Crippen molar-refractivity contribution in [1.82, 2.24) is 9.47 Å². The van der Waals surface area contributed by atoms with Crippen LogP contribution in [0.4, 0.5) is 10.1 Å². The first-order valence-corrected chi connectivity index (χ1v) is 10.7. The summed E-state index contributed by atoms with van der Waals surface area (Å²) in [5.41, 5.74) is 3.45. The predicted octanol–water partition coefficient (Wildman–Crippen LogP) is 4.45. The number of hydrogen-bond donors (Lipinski definition) is 0. The maximum Gasteiger partial charge on any atom is 0.247 e. The van der Waals surface area contributed by atoms with Gasteiger partial charge in [-0.15, -0.1) is 0 Å². The van der Waals surface area contributed by atoms with Gasteiger partial charge in [0.1, 0.15) is 18.4 Å². The number of fused-ring (bicyclic) bond motifs is 3. The Bertz CT molecular complexity index is 1130. The maximum atomic E-state index is 13.8. The fourth-order valence-electron chi connectivity index (χ4n) is 4.45. The standard InChI is InChI=1S/C25H24FN3O2/c1-2-23(30)28(19-13-14-19)16-24(31)29-21-7-4-3-6-20(21)27-15-5-8-22(27)25(29)17-9-11-18(26)12-10-17/h3-12,15,19,25H,2,13-14,16H2,1H3/t25-/m0/s1. The molecule has 2 aromatic carbocycles. The Morgan fingerprint density at radius 2 is 1.71 bits per heavy atom. The summed E-state index contributed by atoms with van der Waals surface area (Å²) in [7, 11) is 0. The van der Waals surface area contributed by atoms with E-state index >= 15 is 0 Å². The van der Waals surface area contributed by atoms with Crippen LogP contribution >= 0.6 is 0 Å². The molecule has 1 aliphatic carbocycles. The molecule has 0 N–H and O–H groups in total.